The summed E-state index contributed by atoms with van der Waals surface area (Å²) in [6.45, 7) is 1.47. The number of esters is 1. The predicted molar refractivity (Wildman–Crippen MR) is 109 cm³/mol. The number of fused-ring (bicyclic) bond motifs is 1. The lowest BCUT2D eigenvalue weighted by molar-refractivity contribution is -0.153. The Balaban J connectivity index is 1.49. The Bertz CT molecular complexity index is 1100. The summed E-state index contributed by atoms with van der Waals surface area (Å²) in [7, 11) is 0. The second-order valence-electron chi connectivity index (χ2n) is 6.35. The van der Waals surface area contributed by atoms with E-state index in [2.05, 4.69) is 20.3 Å². The average molecular weight is 415 g/mol. The average Bonchev–Trinajstić information content (AvgIpc) is 2.69. The lowest BCUT2D eigenvalue weighted by atomic mass is 10.2. The van der Waals surface area contributed by atoms with Crippen LogP contribution in [0, 0.1) is 0 Å². The minimum Gasteiger partial charge on any atom is -0.453 e. The first-order valence-electron chi connectivity index (χ1n) is 9.03. The van der Waals surface area contributed by atoms with Crippen molar-refractivity contribution < 1.29 is 14.3 Å². The first-order valence-corrected chi connectivity index (χ1v) is 9.40. The summed E-state index contributed by atoms with van der Waals surface area (Å²) in [5.41, 5.74) is 0.731. The maximum atomic E-state index is 12.1. The first kappa shape index (κ1) is 20.5. The van der Waals surface area contributed by atoms with Gasteiger partial charge in [0.05, 0.1) is 16.6 Å². The number of pyridine rings is 1. The summed E-state index contributed by atoms with van der Waals surface area (Å²) in [4.78, 5) is 47.2. The fourth-order valence-corrected chi connectivity index (χ4v) is 2.84. The number of para-hydroxylation sites is 1. The number of H-pyrrole nitrogens is 1. The molecule has 0 aliphatic heterocycles. The molecule has 150 valence electrons. The van der Waals surface area contributed by atoms with Crippen molar-refractivity contribution in [3.63, 3.8) is 0 Å². The van der Waals surface area contributed by atoms with Crippen molar-refractivity contribution >= 4 is 40.1 Å². The highest BCUT2D eigenvalue weighted by Crippen LogP contribution is 2.18. The standard InChI is InChI=1S/C20H19ClN4O4/c1-12(19(27)24-15-8-5-11-22-18(15)21)29-17(26)10-4-9-16-23-14-7-3-2-6-13(14)20(28)25-16/h2-3,5-8,11-12H,4,9-10H2,1H3,(H,24,27)(H,23,25,28)/t12-/m1/s1. The molecule has 2 N–H and O–H groups in total. The molecule has 1 atom stereocenters. The Kier molecular flexibility index (Phi) is 6.56. The number of halogens is 1. The third kappa shape index (κ3) is 5.39. The Morgan fingerprint density at radius 1 is 1.24 bits per heavy atom. The van der Waals surface area contributed by atoms with Gasteiger partial charge in [0.25, 0.3) is 11.5 Å². The van der Waals surface area contributed by atoms with Crippen molar-refractivity contribution in [2.45, 2.75) is 32.3 Å². The fourth-order valence-electron chi connectivity index (χ4n) is 2.68. The monoisotopic (exact) mass is 414 g/mol. The SMILES string of the molecule is C[C@@H](OC(=O)CCCc1nc2ccccc2c(=O)[nH]1)C(=O)Nc1cccnc1Cl. The van der Waals surface area contributed by atoms with Crippen LogP contribution >= 0.6 is 11.6 Å². The fraction of sp³-hybridized carbons (Fsp3) is 0.250. The van der Waals surface area contributed by atoms with Crippen LogP contribution in [0.1, 0.15) is 25.6 Å². The number of aromatic nitrogens is 3. The third-order valence-corrected chi connectivity index (χ3v) is 4.45. The molecule has 3 rings (SSSR count). The van der Waals surface area contributed by atoms with Gasteiger partial charge in [0, 0.05) is 19.0 Å². The molecule has 9 heteroatoms. The molecule has 8 nitrogen and oxygen atoms in total. The molecule has 0 unspecified atom stereocenters. The number of nitrogens with zero attached hydrogens (tertiary/aromatic N) is 2. The Morgan fingerprint density at radius 3 is 2.83 bits per heavy atom. The van der Waals surface area contributed by atoms with Crippen LogP contribution in [-0.4, -0.2) is 32.9 Å². The number of rotatable bonds is 7. The highest BCUT2D eigenvalue weighted by molar-refractivity contribution is 6.32. The van der Waals surface area contributed by atoms with Crippen molar-refractivity contribution in [1.29, 1.82) is 0 Å². The van der Waals surface area contributed by atoms with Gasteiger partial charge in [-0.3, -0.25) is 14.4 Å². The molecule has 2 heterocycles. The minimum atomic E-state index is -0.989. The van der Waals surface area contributed by atoms with Gasteiger partial charge in [-0.25, -0.2) is 9.97 Å². The summed E-state index contributed by atoms with van der Waals surface area (Å²) < 4.78 is 5.15. The van der Waals surface area contributed by atoms with Crippen molar-refractivity contribution in [2.75, 3.05) is 5.32 Å². The van der Waals surface area contributed by atoms with Crippen LogP contribution in [0.3, 0.4) is 0 Å². The summed E-state index contributed by atoms with van der Waals surface area (Å²) >= 11 is 5.89. The lowest BCUT2D eigenvalue weighted by Gasteiger charge is -2.14. The van der Waals surface area contributed by atoms with Crippen LogP contribution < -0.4 is 10.9 Å². The number of carbonyl (C=O) groups excluding carboxylic acids is 2. The number of amides is 1. The Labute approximate surface area is 171 Å². The second kappa shape index (κ2) is 9.29. The molecule has 29 heavy (non-hydrogen) atoms. The maximum absolute atomic E-state index is 12.1. The summed E-state index contributed by atoms with van der Waals surface area (Å²) in [5.74, 6) is -0.527. The number of aryl methyl sites for hydroxylation is 1. The molecule has 0 aliphatic carbocycles. The molecule has 1 amide bonds. The number of anilines is 1. The molecule has 0 aliphatic rings. The molecule has 0 bridgehead atoms. The molecular formula is C20H19ClN4O4. The van der Waals surface area contributed by atoms with Gasteiger partial charge in [-0.15, -0.1) is 0 Å². The van der Waals surface area contributed by atoms with E-state index in [0.29, 0.717) is 35.3 Å². The predicted octanol–water partition coefficient (Wildman–Crippen LogP) is 2.86. The van der Waals surface area contributed by atoms with Crippen LogP contribution in [-0.2, 0) is 20.7 Å². The van der Waals surface area contributed by atoms with Gasteiger partial charge in [-0.05, 0) is 37.6 Å². The van der Waals surface area contributed by atoms with Crippen LogP contribution in [0.2, 0.25) is 5.15 Å². The Morgan fingerprint density at radius 2 is 2.03 bits per heavy atom. The third-order valence-electron chi connectivity index (χ3n) is 4.15. The molecule has 0 fully saturated rings. The topological polar surface area (TPSA) is 114 Å². The summed E-state index contributed by atoms with van der Waals surface area (Å²) in [6.07, 6.45) is 1.42. The van der Waals surface area contributed by atoms with E-state index in [1.807, 2.05) is 0 Å². The second-order valence-corrected chi connectivity index (χ2v) is 6.70. The van der Waals surface area contributed by atoms with Gasteiger partial charge in [0.1, 0.15) is 5.82 Å². The Hall–Kier alpha value is -3.26. The number of nitrogens with one attached hydrogen (secondary N) is 2. The van der Waals surface area contributed by atoms with E-state index in [1.165, 1.54) is 13.1 Å². The smallest absolute Gasteiger partial charge is 0.306 e. The molecule has 1 aromatic carbocycles. The molecule has 0 radical (unpaired) electrons. The van der Waals surface area contributed by atoms with Crippen LogP contribution in [0.5, 0.6) is 0 Å². The largest absolute Gasteiger partial charge is 0.453 e. The van der Waals surface area contributed by atoms with E-state index in [9.17, 15) is 14.4 Å². The van der Waals surface area contributed by atoms with Crippen LogP contribution in [0.25, 0.3) is 10.9 Å². The van der Waals surface area contributed by atoms with Crippen molar-refractivity contribution in [3.8, 4) is 0 Å². The zero-order valence-corrected chi connectivity index (χ0v) is 16.4. The maximum Gasteiger partial charge on any atom is 0.306 e. The van der Waals surface area contributed by atoms with Gasteiger partial charge in [-0.2, -0.15) is 0 Å². The van der Waals surface area contributed by atoms with Gasteiger partial charge < -0.3 is 15.0 Å². The van der Waals surface area contributed by atoms with Gasteiger partial charge in [-0.1, -0.05) is 23.7 Å². The van der Waals surface area contributed by atoms with E-state index < -0.39 is 18.0 Å². The number of hydrogen-bond acceptors (Lipinski definition) is 6. The van der Waals surface area contributed by atoms with E-state index in [4.69, 9.17) is 16.3 Å². The summed E-state index contributed by atoms with van der Waals surface area (Å²) in [6, 6.07) is 10.3. The van der Waals surface area contributed by atoms with E-state index in [1.54, 1.807) is 36.4 Å². The highest BCUT2D eigenvalue weighted by atomic mass is 35.5. The number of ether oxygens (including phenoxy) is 1. The highest BCUT2D eigenvalue weighted by Gasteiger charge is 2.19. The van der Waals surface area contributed by atoms with E-state index in [0.717, 1.165) is 0 Å². The number of aromatic amines is 1. The number of hydrogen-bond donors (Lipinski definition) is 2. The van der Waals surface area contributed by atoms with Gasteiger partial charge in [0.2, 0.25) is 0 Å². The molecule has 0 saturated heterocycles. The van der Waals surface area contributed by atoms with Crippen LogP contribution in [0.15, 0.2) is 47.4 Å². The van der Waals surface area contributed by atoms with Crippen molar-refractivity contribution in [3.05, 3.63) is 63.9 Å². The van der Waals surface area contributed by atoms with Gasteiger partial charge in [0.15, 0.2) is 11.3 Å². The minimum absolute atomic E-state index is 0.0851. The van der Waals surface area contributed by atoms with E-state index in [-0.39, 0.29) is 17.1 Å². The van der Waals surface area contributed by atoms with Crippen LogP contribution in [0.4, 0.5) is 5.69 Å². The van der Waals surface area contributed by atoms with Crippen molar-refractivity contribution in [2.24, 2.45) is 0 Å². The molecule has 0 spiro atoms. The number of benzene rings is 1. The molecule has 2 aromatic heterocycles. The lowest BCUT2D eigenvalue weighted by Crippen LogP contribution is -2.30. The number of carbonyl (C=O) groups is 2. The zero-order chi connectivity index (χ0) is 20.8. The van der Waals surface area contributed by atoms with Gasteiger partial charge >= 0.3 is 5.97 Å². The molecule has 3 aromatic rings. The normalized spacial score (nSPS) is 11.8. The summed E-state index contributed by atoms with van der Waals surface area (Å²) in [5, 5.41) is 3.23. The molecular weight excluding hydrogens is 396 g/mol. The first-order chi connectivity index (χ1) is 13.9. The quantitative estimate of drug-likeness (QED) is 0.454. The van der Waals surface area contributed by atoms with Crippen molar-refractivity contribution in [1.82, 2.24) is 15.0 Å². The van der Waals surface area contributed by atoms with E-state index >= 15 is 0 Å². The zero-order valence-electron chi connectivity index (χ0n) is 15.6. The molecule has 0 saturated carbocycles.